The lowest BCUT2D eigenvalue weighted by Gasteiger charge is -2.05. The lowest BCUT2D eigenvalue weighted by atomic mass is 10.1. The van der Waals surface area contributed by atoms with Gasteiger partial charge in [-0.05, 0) is 30.2 Å². The number of esters is 1. The Morgan fingerprint density at radius 3 is 2.79 bits per heavy atom. The van der Waals surface area contributed by atoms with Crippen molar-refractivity contribution in [3.63, 3.8) is 0 Å². The minimum Gasteiger partial charge on any atom is -0.465 e. The van der Waals surface area contributed by atoms with Crippen molar-refractivity contribution in [2.45, 2.75) is 19.8 Å². The van der Waals surface area contributed by atoms with Crippen LogP contribution in [-0.2, 0) is 11.2 Å². The molecule has 0 aliphatic heterocycles. The highest BCUT2D eigenvalue weighted by atomic mass is 79.9. The molecule has 3 heteroatoms. The molecule has 0 unspecified atom stereocenters. The highest BCUT2D eigenvalue weighted by Crippen LogP contribution is 2.20. The zero-order chi connectivity index (χ0) is 10.6. The first-order valence-electron chi connectivity index (χ1n) is 4.55. The van der Waals surface area contributed by atoms with Crippen molar-refractivity contribution in [1.82, 2.24) is 0 Å². The first kappa shape index (κ1) is 11.2. The number of hydrogen-bond donors (Lipinski definition) is 0. The topological polar surface area (TPSA) is 26.3 Å². The van der Waals surface area contributed by atoms with Crippen LogP contribution in [0.5, 0.6) is 0 Å². The lowest BCUT2D eigenvalue weighted by molar-refractivity contribution is 0.0600. The summed E-state index contributed by atoms with van der Waals surface area (Å²) in [6, 6.07) is 5.52. The predicted molar refractivity (Wildman–Crippen MR) is 59.5 cm³/mol. The van der Waals surface area contributed by atoms with E-state index in [2.05, 4.69) is 27.6 Å². The van der Waals surface area contributed by atoms with Gasteiger partial charge in [0, 0.05) is 4.47 Å². The van der Waals surface area contributed by atoms with Crippen LogP contribution in [0.15, 0.2) is 22.7 Å². The molecule has 0 aliphatic rings. The van der Waals surface area contributed by atoms with Gasteiger partial charge < -0.3 is 4.74 Å². The summed E-state index contributed by atoms with van der Waals surface area (Å²) in [5.74, 6) is -0.283. The molecule has 0 fully saturated rings. The number of hydrogen-bond acceptors (Lipinski definition) is 2. The predicted octanol–water partition coefficient (Wildman–Crippen LogP) is 3.19. The van der Waals surface area contributed by atoms with Crippen LogP contribution in [0.3, 0.4) is 0 Å². The molecule has 0 saturated carbocycles. The van der Waals surface area contributed by atoms with Crippen molar-refractivity contribution >= 4 is 21.9 Å². The number of ether oxygens (including phenoxy) is 1. The molecule has 0 spiro atoms. The number of rotatable bonds is 3. The fourth-order valence-corrected chi connectivity index (χ4v) is 1.73. The van der Waals surface area contributed by atoms with Gasteiger partial charge in [-0.3, -0.25) is 0 Å². The van der Waals surface area contributed by atoms with Crippen LogP contribution in [0, 0.1) is 0 Å². The third-order valence-electron chi connectivity index (χ3n) is 1.99. The van der Waals surface area contributed by atoms with Crippen molar-refractivity contribution in [1.29, 1.82) is 0 Å². The summed E-state index contributed by atoms with van der Waals surface area (Å²) in [6.07, 6.45) is 2.02. The van der Waals surface area contributed by atoms with E-state index in [0.717, 1.165) is 22.9 Å². The van der Waals surface area contributed by atoms with Gasteiger partial charge in [-0.2, -0.15) is 0 Å². The Bertz CT molecular complexity index is 334. The number of benzene rings is 1. The van der Waals surface area contributed by atoms with Crippen molar-refractivity contribution in [3.8, 4) is 0 Å². The van der Waals surface area contributed by atoms with E-state index in [1.165, 1.54) is 7.11 Å². The molecule has 14 heavy (non-hydrogen) atoms. The Hall–Kier alpha value is -0.830. The monoisotopic (exact) mass is 256 g/mol. The minimum atomic E-state index is -0.283. The van der Waals surface area contributed by atoms with Crippen LogP contribution in [0.1, 0.15) is 29.3 Å². The molecule has 0 aromatic heterocycles. The fourth-order valence-electron chi connectivity index (χ4n) is 1.28. The molecule has 2 nitrogen and oxygen atoms in total. The van der Waals surface area contributed by atoms with Gasteiger partial charge in [0.15, 0.2) is 0 Å². The standard InChI is InChI=1S/C11H13BrO2/c1-3-4-8-7-9(11(13)14-2)5-6-10(8)12/h5-7H,3-4H2,1-2H3. The first-order valence-corrected chi connectivity index (χ1v) is 5.35. The second kappa shape index (κ2) is 5.15. The Morgan fingerprint density at radius 1 is 1.50 bits per heavy atom. The summed E-state index contributed by atoms with van der Waals surface area (Å²) in [5.41, 5.74) is 1.76. The second-order valence-electron chi connectivity index (χ2n) is 3.05. The van der Waals surface area contributed by atoms with Crippen molar-refractivity contribution in [2.24, 2.45) is 0 Å². The van der Waals surface area contributed by atoms with Gasteiger partial charge >= 0.3 is 5.97 Å². The van der Waals surface area contributed by atoms with E-state index in [4.69, 9.17) is 0 Å². The van der Waals surface area contributed by atoms with Crippen LogP contribution >= 0.6 is 15.9 Å². The van der Waals surface area contributed by atoms with Crippen LogP contribution in [0.25, 0.3) is 0 Å². The van der Waals surface area contributed by atoms with E-state index in [9.17, 15) is 4.79 Å². The molecule has 76 valence electrons. The van der Waals surface area contributed by atoms with E-state index in [1.807, 2.05) is 12.1 Å². The average molecular weight is 257 g/mol. The molecule has 0 bridgehead atoms. The number of methoxy groups -OCH3 is 1. The molecule has 0 aliphatic carbocycles. The minimum absolute atomic E-state index is 0.283. The summed E-state index contributed by atoms with van der Waals surface area (Å²) in [7, 11) is 1.39. The van der Waals surface area contributed by atoms with Crippen LogP contribution in [0.2, 0.25) is 0 Å². The van der Waals surface area contributed by atoms with Gasteiger partial charge in [0.25, 0.3) is 0 Å². The molecule has 0 radical (unpaired) electrons. The Balaban J connectivity index is 2.99. The van der Waals surface area contributed by atoms with E-state index >= 15 is 0 Å². The van der Waals surface area contributed by atoms with Gasteiger partial charge in [-0.15, -0.1) is 0 Å². The summed E-state index contributed by atoms with van der Waals surface area (Å²) in [5, 5.41) is 0. The largest absolute Gasteiger partial charge is 0.465 e. The lowest BCUT2D eigenvalue weighted by Crippen LogP contribution is -2.02. The maximum atomic E-state index is 11.2. The number of carbonyl (C=O) groups excluding carboxylic acids is 1. The van der Waals surface area contributed by atoms with Crippen LogP contribution in [-0.4, -0.2) is 13.1 Å². The molecule has 1 aromatic carbocycles. The fraction of sp³-hybridized carbons (Fsp3) is 0.364. The van der Waals surface area contributed by atoms with Crippen molar-refractivity contribution < 1.29 is 9.53 Å². The third-order valence-corrected chi connectivity index (χ3v) is 2.76. The molecule has 0 saturated heterocycles. The summed E-state index contributed by atoms with van der Waals surface area (Å²) in [4.78, 5) is 11.2. The molecule has 1 aromatic rings. The zero-order valence-electron chi connectivity index (χ0n) is 8.34. The Morgan fingerprint density at radius 2 is 2.21 bits per heavy atom. The van der Waals surface area contributed by atoms with Gasteiger partial charge in [0.2, 0.25) is 0 Å². The maximum absolute atomic E-state index is 11.2. The van der Waals surface area contributed by atoms with Crippen molar-refractivity contribution in [3.05, 3.63) is 33.8 Å². The molecule has 0 amide bonds. The van der Waals surface area contributed by atoms with Gasteiger partial charge in [0.05, 0.1) is 12.7 Å². The number of aryl methyl sites for hydroxylation is 1. The van der Waals surface area contributed by atoms with E-state index in [1.54, 1.807) is 6.07 Å². The number of halogens is 1. The maximum Gasteiger partial charge on any atom is 0.337 e. The molecule has 0 N–H and O–H groups in total. The third kappa shape index (κ3) is 2.58. The molecule has 0 atom stereocenters. The second-order valence-corrected chi connectivity index (χ2v) is 3.90. The van der Waals surface area contributed by atoms with Crippen molar-refractivity contribution in [2.75, 3.05) is 7.11 Å². The van der Waals surface area contributed by atoms with Crippen LogP contribution < -0.4 is 0 Å². The van der Waals surface area contributed by atoms with E-state index < -0.39 is 0 Å². The average Bonchev–Trinajstić information content (AvgIpc) is 2.20. The van der Waals surface area contributed by atoms with Gasteiger partial charge in [-0.1, -0.05) is 29.3 Å². The Kier molecular flexibility index (Phi) is 4.14. The smallest absolute Gasteiger partial charge is 0.337 e. The van der Waals surface area contributed by atoms with E-state index in [0.29, 0.717) is 5.56 Å². The quantitative estimate of drug-likeness (QED) is 0.777. The summed E-state index contributed by atoms with van der Waals surface area (Å²) < 4.78 is 5.70. The molecule has 1 rings (SSSR count). The van der Waals surface area contributed by atoms with Gasteiger partial charge in [-0.25, -0.2) is 4.79 Å². The highest BCUT2D eigenvalue weighted by Gasteiger charge is 2.07. The van der Waals surface area contributed by atoms with Crippen LogP contribution in [0.4, 0.5) is 0 Å². The Labute approximate surface area is 92.4 Å². The summed E-state index contributed by atoms with van der Waals surface area (Å²) >= 11 is 3.45. The highest BCUT2D eigenvalue weighted by molar-refractivity contribution is 9.10. The zero-order valence-corrected chi connectivity index (χ0v) is 9.93. The first-order chi connectivity index (χ1) is 6.69. The molecular weight excluding hydrogens is 244 g/mol. The van der Waals surface area contributed by atoms with Gasteiger partial charge in [0.1, 0.15) is 0 Å². The number of carbonyl (C=O) groups is 1. The normalized spacial score (nSPS) is 9.93. The molecular formula is C11H13BrO2. The van der Waals surface area contributed by atoms with E-state index in [-0.39, 0.29) is 5.97 Å². The molecule has 0 heterocycles. The SMILES string of the molecule is CCCc1cc(C(=O)OC)ccc1Br. The summed E-state index contributed by atoms with van der Waals surface area (Å²) in [6.45, 7) is 2.11.